The average molecular weight is 377 g/mol. The third-order valence-corrected chi connectivity index (χ3v) is 5.21. The summed E-state index contributed by atoms with van der Waals surface area (Å²) in [6, 6.07) is 14.4. The Kier molecular flexibility index (Phi) is 5.67. The molecule has 0 amide bonds. The summed E-state index contributed by atoms with van der Waals surface area (Å²) in [5.74, 6) is 2.49. The quantitative estimate of drug-likeness (QED) is 0.655. The van der Waals surface area contributed by atoms with Gasteiger partial charge in [0.25, 0.3) is 0 Å². The molecular formula is C22H27N5O. The van der Waals surface area contributed by atoms with Gasteiger partial charge in [0.2, 0.25) is 11.7 Å². The molecular weight excluding hydrogens is 350 g/mol. The molecule has 0 N–H and O–H groups in total. The second-order valence-corrected chi connectivity index (χ2v) is 7.45. The Bertz CT molecular complexity index is 897. The van der Waals surface area contributed by atoms with E-state index in [-0.39, 0.29) is 0 Å². The van der Waals surface area contributed by atoms with Crippen molar-refractivity contribution in [1.82, 2.24) is 20.0 Å². The molecule has 0 atom stereocenters. The molecule has 0 bridgehead atoms. The lowest BCUT2D eigenvalue weighted by Gasteiger charge is -2.35. The lowest BCUT2D eigenvalue weighted by Crippen LogP contribution is -2.47. The topological polar surface area (TPSA) is 58.3 Å². The van der Waals surface area contributed by atoms with Crippen molar-refractivity contribution in [3.63, 3.8) is 0 Å². The Morgan fingerprint density at radius 1 is 0.929 bits per heavy atom. The zero-order chi connectivity index (χ0) is 19.3. The molecule has 1 aromatic carbocycles. The van der Waals surface area contributed by atoms with E-state index in [1.165, 1.54) is 5.56 Å². The number of hydrogen-bond acceptors (Lipinski definition) is 6. The predicted octanol–water partition coefficient (Wildman–Crippen LogP) is 3.50. The number of anilines is 1. The molecule has 1 aliphatic rings. The Hall–Kier alpha value is -2.73. The van der Waals surface area contributed by atoms with Crippen LogP contribution in [-0.4, -0.2) is 52.7 Å². The van der Waals surface area contributed by atoms with E-state index in [0.29, 0.717) is 5.82 Å². The smallest absolute Gasteiger partial charge is 0.227 e. The van der Waals surface area contributed by atoms with Gasteiger partial charge < -0.3 is 9.42 Å². The maximum absolute atomic E-state index is 5.43. The van der Waals surface area contributed by atoms with Gasteiger partial charge in [0, 0.05) is 43.9 Å². The molecule has 0 aliphatic carbocycles. The minimum Gasteiger partial charge on any atom is -0.354 e. The van der Waals surface area contributed by atoms with Crippen LogP contribution in [0.15, 0.2) is 47.0 Å². The Morgan fingerprint density at radius 2 is 1.71 bits per heavy atom. The first kappa shape index (κ1) is 18.6. The highest BCUT2D eigenvalue weighted by atomic mass is 16.5. The second kappa shape index (κ2) is 8.52. The molecule has 0 radical (unpaired) electrons. The molecule has 1 saturated heterocycles. The highest BCUT2D eigenvalue weighted by molar-refractivity contribution is 5.54. The van der Waals surface area contributed by atoms with Gasteiger partial charge in [0.15, 0.2) is 0 Å². The van der Waals surface area contributed by atoms with Gasteiger partial charge in [0.05, 0.1) is 0 Å². The first-order valence-electron chi connectivity index (χ1n) is 9.98. The minimum atomic E-state index is 0.675. The number of benzene rings is 1. The van der Waals surface area contributed by atoms with Gasteiger partial charge in [0.1, 0.15) is 5.82 Å². The number of aryl methyl sites for hydroxylation is 3. The summed E-state index contributed by atoms with van der Waals surface area (Å²) in [5, 5.41) is 4.12. The van der Waals surface area contributed by atoms with E-state index in [9.17, 15) is 0 Å². The van der Waals surface area contributed by atoms with E-state index in [0.717, 1.165) is 68.5 Å². The van der Waals surface area contributed by atoms with Crippen LogP contribution >= 0.6 is 0 Å². The number of rotatable bonds is 6. The normalized spacial score (nSPS) is 15.1. The second-order valence-electron chi connectivity index (χ2n) is 7.45. The Labute approximate surface area is 166 Å². The first-order chi connectivity index (χ1) is 13.7. The van der Waals surface area contributed by atoms with Gasteiger partial charge >= 0.3 is 0 Å². The summed E-state index contributed by atoms with van der Waals surface area (Å²) in [4.78, 5) is 14.0. The van der Waals surface area contributed by atoms with Crippen LogP contribution in [0.25, 0.3) is 11.4 Å². The fraction of sp³-hybridized carbons (Fsp3) is 0.409. The van der Waals surface area contributed by atoms with Crippen molar-refractivity contribution in [2.75, 3.05) is 37.6 Å². The zero-order valence-corrected chi connectivity index (χ0v) is 16.6. The van der Waals surface area contributed by atoms with Gasteiger partial charge in [-0.15, -0.1) is 0 Å². The van der Waals surface area contributed by atoms with Crippen molar-refractivity contribution in [1.29, 1.82) is 0 Å². The van der Waals surface area contributed by atoms with Crippen molar-refractivity contribution in [3.8, 4) is 11.4 Å². The highest BCUT2D eigenvalue weighted by Gasteiger charge is 2.18. The van der Waals surface area contributed by atoms with Crippen molar-refractivity contribution in [3.05, 3.63) is 59.6 Å². The molecule has 0 spiro atoms. The van der Waals surface area contributed by atoms with E-state index in [1.807, 2.05) is 25.1 Å². The summed E-state index contributed by atoms with van der Waals surface area (Å²) in [5.41, 5.74) is 3.30. The molecule has 28 heavy (non-hydrogen) atoms. The molecule has 0 unspecified atom stereocenters. The SMILES string of the molecule is Cc1ccc(-c2noc(CCCN3CCN(c4cccc(C)n4)CC3)n2)cc1. The van der Waals surface area contributed by atoms with Gasteiger partial charge in [-0.3, -0.25) is 4.90 Å². The summed E-state index contributed by atoms with van der Waals surface area (Å²) in [6.45, 7) is 9.34. The van der Waals surface area contributed by atoms with Gasteiger partial charge in [-0.2, -0.15) is 4.98 Å². The van der Waals surface area contributed by atoms with Crippen LogP contribution < -0.4 is 4.90 Å². The number of hydrogen-bond donors (Lipinski definition) is 0. The van der Waals surface area contributed by atoms with Crippen LogP contribution in [0.4, 0.5) is 5.82 Å². The van der Waals surface area contributed by atoms with E-state index in [1.54, 1.807) is 0 Å². The summed E-state index contributed by atoms with van der Waals surface area (Å²) in [6.07, 6.45) is 1.84. The van der Waals surface area contributed by atoms with Crippen molar-refractivity contribution in [2.24, 2.45) is 0 Å². The maximum Gasteiger partial charge on any atom is 0.227 e. The molecule has 3 heterocycles. The standard InChI is InChI=1S/C22H27N5O/c1-17-8-10-19(11-9-17)22-24-21(28-25-22)7-4-12-26-13-15-27(16-14-26)20-6-3-5-18(2)23-20/h3,5-6,8-11H,4,7,12-16H2,1-2H3. The Balaban J connectivity index is 1.23. The van der Waals surface area contributed by atoms with Crippen molar-refractivity contribution < 1.29 is 4.52 Å². The van der Waals surface area contributed by atoms with Crippen LogP contribution in [-0.2, 0) is 6.42 Å². The van der Waals surface area contributed by atoms with Crippen LogP contribution in [0.2, 0.25) is 0 Å². The van der Waals surface area contributed by atoms with Gasteiger partial charge in [-0.05, 0) is 38.9 Å². The Morgan fingerprint density at radius 3 is 2.46 bits per heavy atom. The molecule has 4 rings (SSSR count). The number of piperazine rings is 1. The third kappa shape index (κ3) is 4.57. The largest absolute Gasteiger partial charge is 0.354 e. The van der Waals surface area contributed by atoms with Crippen molar-refractivity contribution >= 4 is 5.82 Å². The molecule has 6 nitrogen and oxygen atoms in total. The third-order valence-electron chi connectivity index (χ3n) is 5.21. The fourth-order valence-corrected chi connectivity index (χ4v) is 3.54. The maximum atomic E-state index is 5.43. The van der Waals surface area contributed by atoms with Crippen molar-refractivity contribution in [2.45, 2.75) is 26.7 Å². The van der Waals surface area contributed by atoms with E-state index >= 15 is 0 Å². The fourth-order valence-electron chi connectivity index (χ4n) is 3.54. The molecule has 6 heteroatoms. The lowest BCUT2D eigenvalue weighted by atomic mass is 10.1. The van der Waals surface area contributed by atoms with Gasteiger partial charge in [-0.25, -0.2) is 4.98 Å². The molecule has 2 aromatic heterocycles. The molecule has 3 aromatic rings. The minimum absolute atomic E-state index is 0.675. The molecule has 0 saturated carbocycles. The summed E-state index contributed by atoms with van der Waals surface area (Å²) < 4.78 is 5.43. The number of nitrogens with zero attached hydrogens (tertiary/aromatic N) is 5. The van der Waals surface area contributed by atoms with Crippen LogP contribution in [0.3, 0.4) is 0 Å². The van der Waals surface area contributed by atoms with Crippen LogP contribution in [0.1, 0.15) is 23.6 Å². The predicted molar refractivity (Wildman–Crippen MR) is 110 cm³/mol. The highest BCUT2D eigenvalue weighted by Crippen LogP contribution is 2.17. The lowest BCUT2D eigenvalue weighted by molar-refractivity contribution is 0.250. The molecule has 146 valence electrons. The summed E-state index contributed by atoms with van der Waals surface area (Å²) in [7, 11) is 0. The van der Waals surface area contributed by atoms with Crippen LogP contribution in [0, 0.1) is 13.8 Å². The monoisotopic (exact) mass is 377 g/mol. The number of pyridine rings is 1. The zero-order valence-electron chi connectivity index (χ0n) is 16.6. The van der Waals surface area contributed by atoms with Crippen LogP contribution in [0.5, 0.6) is 0 Å². The van der Waals surface area contributed by atoms with E-state index in [2.05, 4.69) is 56.1 Å². The van der Waals surface area contributed by atoms with E-state index < -0.39 is 0 Å². The average Bonchev–Trinajstić information content (AvgIpc) is 3.18. The molecule has 1 fully saturated rings. The number of aromatic nitrogens is 3. The first-order valence-corrected chi connectivity index (χ1v) is 9.98. The summed E-state index contributed by atoms with van der Waals surface area (Å²) >= 11 is 0. The van der Waals surface area contributed by atoms with E-state index in [4.69, 9.17) is 4.52 Å². The molecule has 1 aliphatic heterocycles. The van der Waals surface area contributed by atoms with Gasteiger partial charge in [-0.1, -0.05) is 41.1 Å².